The predicted molar refractivity (Wildman–Crippen MR) is 175 cm³/mol. The van der Waals surface area contributed by atoms with Crippen LogP contribution in [-0.4, -0.2) is 64.3 Å². The normalized spacial score (nSPS) is 13.7. The van der Waals surface area contributed by atoms with Gasteiger partial charge < -0.3 is 31.5 Å². The first-order valence-corrected chi connectivity index (χ1v) is 15.4. The van der Waals surface area contributed by atoms with Crippen molar-refractivity contribution in [2.75, 3.05) is 5.88 Å². The van der Waals surface area contributed by atoms with Crippen LogP contribution < -0.4 is 21.7 Å². The minimum Gasteiger partial charge on any atom is -0.508 e. The van der Waals surface area contributed by atoms with Gasteiger partial charge in [-0.05, 0) is 50.5 Å². The third kappa shape index (κ3) is 11.2. The van der Waals surface area contributed by atoms with Crippen LogP contribution in [0.5, 0.6) is 5.75 Å². The fourth-order valence-electron chi connectivity index (χ4n) is 3.72. The van der Waals surface area contributed by atoms with E-state index in [0.29, 0.717) is 5.56 Å². The zero-order valence-electron chi connectivity index (χ0n) is 23.2. The Hall–Kier alpha value is -2.66. The molecular weight excluding hydrogens is 794 g/mol. The lowest BCUT2D eigenvalue weighted by molar-refractivity contribution is -0.133. The second kappa shape index (κ2) is 15.7. The van der Waals surface area contributed by atoms with Crippen LogP contribution in [0.4, 0.5) is 4.79 Å². The van der Waals surface area contributed by atoms with Crippen molar-refractivity contribution in [3.05, 3.63) is 65.7 Å². The summed E-state index contributed by atoms with van der Waals surface area (Å²) in [6, 6.07) is 11.1. The minimum absolute atomic E-state index is 0.00167. The van der Waals surface area contributed by atoms with Crippen LogP contribution in [0.2, 0.25) is 0 Å². The van der Waals surface area contributed by atoms with Crippen molar-refractivity contribution >= 4 is 86.4 Å². The molecule has 0 heterocycles. The summed E-state index contributed by atoms with van der Waals surface area (Å²) in [5.74, 6) is -3.39. The number of alkyl carbamates (subject to hydrolysis) is 1. The quantitative estimate of drug-likeness (QED) is 0.152. The summed E-state index contributed by atoms with van der Waals surface area (Å²) in [7, 11) is 0. The van der Waals surface area contributed by atoms with Gasteiger partial charge in [-0.25, -0.2) is 4.79 Å². The molecule has 0 unspecified atom stereocenters. The van der Waals surface area contributed by atoms with E-state index in [1.165, 1.54) is 12.1 Å². The van der Waals surface area contributed by atoms with Crippen LogP contribution in [0.25, 0.3) is 0 Å². The van der Waals surface area contributed by atoms with Crippen molar-refractivity contribution in [1.82, 2.24) is 16.0 Å². The molecule has 2 aromatic carbocycles. The maximum Gasteiger partial charge on any atom is 0.408 e. The van der Waals surface area contributed by atoms with Crippen molar-refractivity contribution in [3.8, 4) is 5.75 Å². The summed E-state index contributed by atoms with van der Waals surface area (Å²) < 4.78 is 4.19. The van der Waals surface area contributed by atoms with Gasteiger partial charge in [0, 0.05) is 0 Å². The van der Waals surface area contributed by atoms with E-state index in [-0.39, 0.29) is 18.1 Å². The topological polar surface area (TPSA) is 177 Å². The molecule has 0 aliphatic heterocycles. The smallest absolute Gasteiger partial charge is 0.408 e. The zero-order chi connectivity index (χ0) is 31.7. The van der Waals surface area contributed by atoms with Crippen LogP contribution in [0.3, 0.4) is 0 Å². The molecule has 0 aliphatic rings. The van der Waals surface area contributed by atoms with E-state index in [9.17, 15) is 29.1 Å². The molecule has 0 fully saturated rings. The molecule has 0 bridgehead atoms. The fraction of sp³-hybridized carbons (Fsp3) is 0.393. The first-order valence-electron chi connectivity index (χ1n) is 12.7. The number of halogens is 3. The van der Waals surface area contributed by atoms with Gasteiger partial charge in [-0.1, -0.05) is 87.6 Å². The predicted octanol–water partition coefficient (Wildman–Crippen LogP) is 3.20. The summed E-state index contributed by atoms with van der Waals surface area (Å²) in [4.78, 5) is 64.3. The lowest BCUT2D eigenvalue weighted by atomic mass is 10.0. The molecular formula is C28H33ClI2N4O7. The molecule has 4 amide bonds. The number of benzene rings is 2. The highest BCUT2D eigenvalue weighted by Crippen LogP contribution is 2.43. The van der Waals surface area contributed by atoms with Gasteiger partial charge in [-0.3, -0.25) is 19.2 Å². The number of ketones is 1. The lowest BCUT2D eigenvalue weighted by Crippen LogP contribution is -2.60. The largest absolute Gasteiger partial charge is 0.508 e. The third-order valence-electron chi connectivity index (χ3n) is 5.70. The zero-order valence-corrected chi connectivity index (χ0v) is 28.2. The SMILES string of the molecule is CC(C)(C)OC(=O)N[C@H](C(=O)N[C@@H](CC(N)=O)C(=O)N[C@@H](Cc1ccccc1)C(=O)CCl)C(I)(I)c1ccc(O)cc1. The molecule has 0 aromatic heterocycles. The van der Waals surface area contributed by atoms with Gasteiger partial charge >= 0.3 is 6.09 Å². The number of Topliss-reactive ketones (excluding diaryl/α,β-unsaturated/α-hetero) is 1. The van der Waals surface area contributed by atoms with E-state index in [0.717, 1.165) is 5.56 Å². The highest BCUT2D eigenvalue weighted by Gasteiger charge is 2.43. The number of rotatable bonds is 13. The summed E-state index contributed by atoms with van der Waals surface area (Å²) in [5, 5.41) is 17.4. The van der Waals surface area contributed by atoms with Crippen LogP contribution in [0, 0.1) is 0 Å². The number of nitrogens with one attached hydrogen (secondary N) is 3. The Morgan fingerprint density at radius 1 is 0.905 bits per heavy atom. The summed E-state index contributed by atoms with van der Waals surface area (Å²) in [6.07, 6.45) is -1.35. The number of hydrogen-bond donors (Lipinski definition) is 5. The van der Waals surface area contributed by atoms with Crippen molar-refractivity contribution in [2.45, 2.75) is 58.8 Å². The van der Waals surface area contributed by atoms with E-state index < -0.39 is 61.2 Å². The number of phenols is 1. The number of phenolic OH excluding ortho intramolecular Hbond substituents is 1. The van der Waals surface area contributed by atoms with E-state index in [1.54, 1.807) is 63.2 Å². The number of primary amides is 1. The monoisotopic (exact) mass is 826 g/mol. The Morgan fingerprint density at radius 3 is 2.00 bits per heavy atom. The van der Waals surface area contributed by atoms with E-state index >= 15 is 0 Å². The highest BCUT2D eigenvalue weighted by molar-refractivity contribution is 14.2. The molecule has 2 rings (SSSR count). The van der Waals surface area contributed by atoms with Crippen molar-refractivity contribution in [3.63, 3.8) is 0 Å². The maximum absolute atomic E-state index is 13.7. The van der Waals surface area contributed by atoms with Crippen molar-refractivity contribution < 1.29 is 33.8 Å². The Labute approximate surface area is 276 Å². The minimum atomic E-state index is -1.48. The Morgan fingerprint density at radius 2 is 1.48 bits per heavy atom. The number of nitrogens with two attached hydrogens (primary N) is 1. The van der Waals surface area contributed by atoms with Gasteiger partial charge in [0.1, 0.15) is 24.9 Å². The number of aromatic hydroxyl groups is 1. The number of alkyl halides is 3. The van der Waals surface area contributed by atoms with Crippen LogP contribution >= 0.6 is 56.8 Å². The molecule has 228 valence electrons. The molecule has 0 saturated carbocycles. The first-order chi connectivity index (χ1) is 19.5. The molecule has 11 nitrogen and oxygen atoms in total. The Kier molecular flexibility index (Phi) is 13.3. The second-order valence-corrected chi connectivity index (χ2v) is 16.1. The standard InChI is InChI=1S/C28H33ClI2N4O7/c1-27(2,3)42-26(41)35-23(28(30,31)17-9-11-18(36)12-10-17)25(40)34-20(14-22(32)38)24(39)33-19(21(37)15-29)13-16-7-5-4-6-8-16/h4-12,19-20,23,36H,13-15H2,1-3H3,(H2,32,38)(H,33,39)(H,34,40)(H,35,41)/t19-,20-,23+/m0/s1. The summed E-state index contributed by atoms with van der Waals surface area (Å²) in [5.41, 5.74) is 5.82. The third-order valence-corrected chi connectivity index (χ3v) is 8.45. The summed E-state index contributed by atoms with van der Waals surface area (Å²) >= 11 is 9.70. The molecule has 2 aromatic rings. The van der Waals surface area contributed by atoms with E-state index in [2.05, 4.69) is 16.0 Å². The number of carbonyl (C=O) groups is 5. The number of ether oxygens (including phenoxy) is 1. The van der Waals surface area contributed by atoms with Crippen LogP contribution in [0.15, 0.2) is 54.6 Å². The number of carbonyl (C=O) groups excluding carboxylic acids is 5. The highest BCUT2D eigenvalue weighted by atomic mass is 127. The molecule has 42 heavy (non-hydrogen) atoms. The van der Waals surface area contributed by atoms with Gasteiger partial charge in [0.05, 0.1) is 18.3 Å². The molecule has 0 spiro atoms. The van der Waals surface area contributed by atoms with Crippen LogP contribution in [-0.2, 0) is 31.8 Å². The van der Waals surface area contributed by atoms with Crippen LogP contribution in [0.1, 0.15) is 38.3 Å². The average molecular weight is 827 g/mol. The fourth-order valence-corrected chi connectivity index (χ4v) is 5.51. The summed E-state index contributed by atoms with van der Waals surface area (Å²) in [6.45, 7) is 4.97. The van der Waals surface area contributed by atoms with Crippen molar-refractivity contribution in [1.29, 1.82) is 0 Å². The lowest BCUT2D eigenvalue weighted by Gasteiger charge is -2.33. The van der Waals surface area contributed by atoms with Gasteiger partial charge in [0.25, 0.3) is 0 Å². The van der Waals surface area contributed by atoms with E-state index in [4.69, 9.17) is 22.1 Å². The van der Waals surface area contributed by atoms with E-state index in [1.807, 2.05) is 45.2 Å². The Balaban J connectivity index is 2.38. The van der Waals surface area contributed by atoms with Gasteiger partial charge in [-0.2, -0.15) is 0 Å². The molecule has 14 heteroatoms. The maximum atomic E-state index is 13.7. The molecule has 0 saturated heterocycles. The number of amides is 4. The van der Waals surface area contributed by atoms with Gasteiger partial charge in [0.15, 0.2) is 5.78 Å². The molecule has 0 aliphatic carbocycles. The Bertz CT molecular complexity index is 1270. The molecule has 3 atom stereocenters. The van der Waals surface area contributed by atoms with Gasteiger partial charge in [-0.15, -0.1) is 11.6 Å². The second-order valence-electron chi connectivity index (χ2n) is 10.3. The molecule has 6 N–H and O–H groups in total. The van der Waals surface area contributed by atoms with Crippen molar-refractivity contribution in [2.24, 2.45) is 5.73 Å². The molecule has 0 radical (unpaired) electrons. The first kappa shape index (κ1) is 35.5. The number of hydrogen-bond acceptors (Lipinski definition) is 7. The average Bonchev–Trinajstić information content (AvgIpc) is 2.90. The van der Waals surface area contributed by atoms with Gasteiger partial charge in [0.2, 0.25) is 17.7 Å².